The van der Waals surface area contributed by atoms with Crippen molar-refractivity contribution >= 4 is 5.91 Å². The smallest absolute Gasteiger partial charge is 0.242 e. The molecule has 0 spiro atoms. The highest BCUT2D eigenvalue weighted by atomic mass is 16.2. The normalized spacial score (nSPS) is 15.5. The van der Waals surface area contributed by atoms with Gasteiger partial charge in [-0.15, -0.1) is 5.10 Å². The van der Waals surface area contributed by atoms with Crippen LogP contribution in [0.3, 0.4) is 0 Å². The number of nitrogens with zero attached hydrogens (tertiary/aromatic N) is 3. The molecule has 1 heterocycles. The molecule has 0 aromatic carbocycles. The van der Waals surface area contributed by atoms with E-state index in [4.69, 9.17) is 0 Å². The quantitative estimate of drug-likeness (QED) is 0.794. The van der Waals surface area contributed by atoms with Crippen molar-refractivity contribution in [3.8, 4) is 0 Å². The van der Waals surface area contributed by atoms with Gasteiger partial charge in [0.25, 0.3) is 0 Å². The molecule has 2 rings (SSSR count). The molecule has 0 bridgehead atoms. The van der Waals surface area contributed by atoms with Gasteiger partial charge in [-0.25, -0.2) is 4.68 Å². The lowest BCUT2D eigenvalue weighted by atomic mass is 10.1. The summed E-state index contributed by atoms with van der Waals surface area (Å²) in [6.07, 6.45) is 4.50. The molecule has 6 heteroatoms. The van der Waals surface area contributed by atoms with Crippen molar-refractivity contribution in [2.24, 2.45) is 5.92 Å². The average Bonchev–Trinajstić information content (AvgIpc) is 2.97. The highest BCUT2D eigenvalue weighted by Gasteiger charge is 2.20. The molecule has 0 aliphatic heterocycles. The van der Waals surface area contributed by atoms with Crippen LogP contribution in [0.2, 0.25) is 0 Å². The van der Waals surface area contributed by atoms with Gasteiger partial charge < -0.3 is 10.6 Å². The van der Waals surface area contributed by atoms with Crippen molar-refractivity contribution in [1.82, 2.24) is 25.6 Å². The molecule has 1 aromatic heterocycles. The molecule has 1 aliphatic carbocycles. The van der Waals surface area contributed by atoms with Crippen LogP contribution in [-0.4, -0.2) is 33.0 Å². The van der Waals surface area contributed by atoms with E-state index in [1.807, 2.05) is 27.0 Å². The largest absolute Gasteiger partial charge is 0.350 e. The van der Waals surface area contributed by atoms with Gasteiger partial charge in [-0.1, -0.05) is 5.21 Å². The standard InChI is InChI=1S/C13H23N5O/c1-13(2,3)15-12(19)9-18-8-11(16-17-18)7-14-6-10-4-5-10/h8,10,14H,4-7,9H2,1-3H3,(H,15,19). The molecule has 19 heavy (non-hydrogen) atoms. The van der Waals surface area contributed by atoms with E-state index in [0.29, 0.717) is 0 Å². The van der Waals surface area contributed by atoms with Crippen LogP contribution >= 0.6 is 0 Å². The number of carbonyl (C=O) groups is 1. The molecule has 0 atom stereocenters. The van der Waals surface area contributed by atoms with Gasteiger partial charge >= 0.3 is 0 Å². The summed E-state index contributed by atoms with van der Waals surface area (Å²) in [4.78, 5) is 11.7. The van der Waals surface area contributed by atoms with Crippen LogP contribution in [-0.2, 0) is 17.9 Å². The number of aromatic nitrogens is 3. The lowest BCUT2D eigenvalue weighted by Gasteiger charge is -2.20. The zero-order chi connectivity index (χ0) is 13.9. The molecule has 1 aliphatic rings. The molecule has 6 nitrogen and oxygen atoms in total. The van der Waals surface area contributed by atoms with Gasteiger partial charge in [0.1, 0.15) is 6.54 Å². The predicted molar refractivity (Wildman–Crippen MR) is 72.3 cm³/mol. The minimum Gasteiger partial charge on any atom is -0.350 e. The van der Waals surface area contributed by atoms with Crippen LogP contribution in [0.15, 0.2) is 6.20 Å². The fourth-order valence-electron chi connectivity index (χ4n) is 1.83. The maximum atomic E-state index is 11.7. The molecule has 0 unspecified atom stereocenters. The molecule has 106 valence electrons. The monoisotopic (exact) mass is 265 g/mol. The van der Waals surface area contributed by atoms with Gasteiger partial charge in [-0.3, -0.25) is 4.79 Å². The second kappa shape index (κ2) is 5.69. The molecule has 1 amide bonds. The summed E-state index contributed by atoms with van der Waals surface area (Å²) >= 11 is 0. The lowest BCUT2D eigenvalue weighted by Crippen LogP contribution is -2.42. The van der Waals surface area contributed by atoms with E-state index in [-0.39, 0.29) is 18.0 Å². The van der Waals surface area contributed by atoms with Crippen LogP contribution < -0.4 is 10.6 Å². The Kier molecular flexibility index (Phi) is 4.19. The third-order valence-corrected chi connectivity index (χ3v) is 2.84. The third kappa shape index (κ3) is 5.38. The first kappa shape index (κ1) is 14.0. The Hall–Kier alpha value is -1.43. The number of hydrogen-bond donors (Lipinski definition) is 2. The highest BCUT2D eigenvalue weighted by Crippen LogP contribution is 2.27. The Morgan fingerprint density at radius 3 is 2.84 bits per heavy atom. The van der Waals surface area contributed by atoms with Crippen LogP contribution in [0.25, 0.3) is 0 Å². The van der Waals surface area contributed by atoms with Crippen LogP contribution in [0, 0.1) is 5.92 Å². The zero-order valence-electron chi connectivity index (χ0n) is 11.9. The van der Waals surface area contributed by atoms with E-state index >= 15 is 0 Å². The van der Waals surface area contributed by atoms with Gasteiger partial charge in [-0.05, 0) is 46.1 Å². The van der Waals surface area contributed by atoms with Crippen molar-refractivity contribution in [2.75, 3.05) is 6.54 Å². The van der Waals surface area contributed by atoms with Gasteiger partial charge in [0.2, 0.25) is 5.91 Å². The molecule has 1 aromatic rings. The van der Waals surface area contributed by atoms with Crippen LogP contribution in [0.5, 0.6) is 0 Å². The van der Waals surface area contributed by atoms with Crippen molar-refractivity contribution in [3.63, 3.8) is 0 Å². The van der Waals surface area contributed by atoms with Gasteiger partial charge in [0.05, 0.1) is 11.9 Å². The van der Waals surface area contributed by atoms with E-state index < -0.39 is 0 Å². The minimum atomic E-state index is -0.216. The zero-order valence-corrected chi connectivity index (χ0v) is 11.9. The second-order valence-electron chi connectivity index (χ2n) is 6.28. The summed E-state index contributed by atoms with van der Waals surface area (Å²) in [6.45, 7) is 7.86. The Morgan fingerprint density at radius 2 is 2.21 bits per heavy atom. The Bertz CT molecular complexity index is 430. The van der Waals surface area contributed by atoms with E-state index in [2.05, 4.69) is 20.9 Å². The summed E-state index contributed by atoms with van der Waals surface area (Å²) in [5, 5.41) is 14.3. The molecule has 1 fully saturated rings. The summed E-state index contributed by atoms with van der Waals surface area (Å²) in [5.74, 6) is 0.808. The molecule has 2 N–H and O–H groups in total. The lowest BCUT2D eigenvalue weighted by molar-refractivity contribution is -0.123. The van der Waals surface area contributed by atoms with Crippen molar-refractivity contribution in [2.45, 2.75) is 52.2 Å². The van der Waals surface area contributed by atoms with E-state index in [0.717, 1.165) is 24.7 Å². The summed E-state index contributed by atoms with van der Waals surface area (Å²) in [7, 11) is 0. The molecular weight excluding hydrogens is 242 g/mol. The first-order chi connectivity index (χ1) is 8.92. The first-order valence-electron chi connectivity index (χ1n) is 6.83. The van der Waals surface area contributed by atoms with Gasteiger partial charge in [0, 0.05) is 12.1 Å². The molecule has 1 saturated carbocycles. The molecule has 0 radical (unpaired) electrons. The number of carbonyl (C=O) groups excluding carboxylic acids is 1. The third-order valence-electron chi connectivity index (χ3n) is 2.84. The number of rotatable bonds is 6. The van der Waals surface area contributed by atoms with E-state index in [1.165, 1.54) is 12.8 Å². The first-order valence-corrected chi connectivity index (χ1v) is 6.83. The predicted octanol–water partition coefficient (Wildman–Crippen LogP) is 0.692. The maximum absolute atomic E-state index is 11.7. The van der Waals surface area contributed by atoms with Gasteiger partial charge in [-0.2, -0.15) is 0 Å². The minimum absolute atomic E-state index is 0.0464. The number of nitrogens with one attached hydrogen (secondary N) is 2. The maximum Gasteiger partial charge on any atom is 0.242 e. The van der Waals surface area contributed by atoms with Crippen molar-refractivity contribution in [3.05, 3.63) is 11.9 Å². The number of amides is 1. The topological polar surface area (TPSA) is 71.8 Å². The van der Waals surface area contributed by atoms with Crippen molar-refractivity contribution in [1.29, 1.82) is 0 Å². The van der Waals surface area contributed by atoms with Crippen LogP contribution in [0.4, 0.5) is 0 Å². The summed E-state index contributed by atoms with van der Waals surface area (Å²) < 4.78 is 1.58. The fourth-order valence-corrected chi connectivity index (χ4v) is 1.83. The Labute approximate surface area is 113 Å². The van der Waals surface area contributed by atoms with E-state index in [9.17, 15) is 4.79 Å². The summed E-state index contributed by atoms with van der Waals surface area (Å²) in [6, 6.07) is 0. The summed E-state index contributed by atoms with van der Waals surface area (Å²) in [5.41, 5.74) is 0.663. The highest BCUT2D eigenvalue weighted by molar-refractivity contribution is 5.76. The van der Waals surface area contributed by atoms with Gasteiger partial charge in [0.15, 0.2) is 0 Å². The SMILES string of the molecule is CC(C)(C)NC(=O)Cn1cc(CNCC2CC2)nn1. The average molecular weight is 265 g/mol. The fraction of sp³-hybridized carbons (Fsp3) is 0.769. The van der Waals surface area contributed by atoms with E-state index in [1.54, 1.807) is 4.68 Å². The van der Waals surface area contributed by atoms with Crippen LogP contribution in [0.1, 0.15) is 39.3 Å². The second-order valence-corrected chi connectivity index (χ2v) is 6.28. The molecule has 0 saturated heterocycles. The Morgan fingerprint density at radius 1 is 1.47 bits per heavy atom. The van der Waals surface area contributed by atoms with Crippen molar-refractivity contribution < 1.29 is 4.79 Å². The molecular formula is C13H23N5O. The Balaban J connectivity index is 1.74. The number of hydrogen-bond acceptors (Lipinski definition) is 4.